The third-order valence-corrected chi connectivity index (χ3v) is 2.93. The quantitative estimate of drug-likeness (QED) is 0.894. The Bertz CT molecular complexity index is 389. The fraction of sp³-hybridized carbons (Fsp3) is 0.462. The van der Waals surface area contributed by atoms with E-state index in [1.54, 1.807) is 0 Å². The first-order chi connectivity index (χ1) is 8.31. The molecule has 1 aliphatic rings. The van der Waals surface area contributed by atoms with Crippen LogP contribution >= 0.6 is 11.6 Å². The number of benzene rings is 1. The van der Waals surface area contributed by atoms with Crippen molar-refractivity contribution in [2.24, 2.45) is 4.99 Å². The molecule has 1 atom stereocenters. The van der Waals surface area contributed by atoms with Crippen molar-refractivity contribution in [2.45, 2.75) is 19.4 Å². The Morgan fingerprint density at radius 1 is 1.41 bits per heavy atom. The lowest BCUT2D eigenvalue weighted by molar-refractivity contribution is 0.107. The van der Waals surface area contributed by atoms with Crippen molar-refractivity contribution in [3.63, 3.8) is 0 Å². The van der Waals surface area contributed by atoms with E-state index in [1.807, 2.05) is 31.2 Å². The van der Waals surface area contributed by atoms with Crippen LogP contribution in [0.4, 0.5) is 0 Å². The van der Waals surface area contributed by atoms with Crippen LogP contribution in [0.5, 0.6) is 0 Å². The Morgan fingerprint density at radius 2 is 2.18 bits per heavy atom. The minimum absolute atomic E-state index is 0.0995. The molecule has 92 valence electrons. The van der Waals surface area contributed by atoms with Gasteiger partial charge in [0.05, 0.1) is 0 Å². The smallest absolute Gasteiger partial charge is 0.139 e. The van der Waals surface area contributed by atoms with Crippen LogP contribution in [0, 0.1) is 0 Å². The summed E-state index contributed by atoms with van der Waals surface area (Å²) in [4.78, 5) is 4.49. The summed E-state index contributed by atoms with van der Waals surface area (Å²) in [6.07, 6.45) is 0.987. The number of rotatable bonds is 4. The molecule has 0 aromatic heterocycles. The molecule has 2 rings (SSSR count). The molecular weight excluding hydrogens is 236 g/mol. The predicted octanol–water partition coefficient (Wildman–Crippen LogP) is 2.81. The van der Waals surface area contributed by atoms with E-state index < -0.39 is 0 Å². The molecular formula is C13H17ClN2O. The third-order valence-electron chi connectivity index (χ3n) is 2.68. The van der Waals surface area contributed by atoms with Crippen LogP contribution in [-0.4, -0.2) is 25.5 Å². The number of aliphatic imine (C=N–C) groups is 1. The zero-order chi connectivity index (χ0) is 12.1. The summed E-state index contributed by atoms with van der Waals surface area (Å²) in [6.45, 7) is 4.50. The summed E-state index contributed by atoms with van der Waals surface area (Å²) < 4.78 is 5.77. The van der Waals surface area contributed by atoms with Crippen LogP contribution in [0.2, 0.25) is 5.02 Å². The zero-order valence-corrected chi connectivity index (χ0v) is 10.7. The molecule has 1 aromatic rings. The molecule has 0 radical (unpaired) electrons. The topological polar surface area (TPSA) is 33.6 Å². The highest BCUT2D eigenvalue weighted by atomic mass is 35.5. The molecule has 0 amide bonds. The number of hydrogen-bond donors (Lipinski definition) is 1. The van der Waals surface area contributed by atoms with E-state index in [9.17, 15) is 0 Å². The fourth-order valence-electron chi connectivity index (χ4n) is 1.86. The SMILES string of the molecule is CCO[C@@H](C1=NCCCN1)c1ccc(Cl)cc1. The lowest BCUT2D eigenvalue weighted by atomic mass is 10.1. The molecule has 0 saturated heterocycles. The zero-order valence-electron chi connectivity index (χ0n) is 9.95. The summed E-state index contributed by atoms with van der Waals surface area (Å²) in [5, 5.41) is 4.05. The normalized spacial score (nSPS) is 17.2. The van der Waals surface area contributed by atoms with Gasteiger partial charge in [-0.3, -0.25) is 4.99 Å². The molecule has 0 unspecified atom stereocenters. The van der Waals surface area contributed by atoms with Gasteiger partial charge in [-0.25, -0.2) is 0 Å². The second-order valence-electron chi connectivity index (χ2n) is 3.93. The molecule has 1 aromatic carbocycles. The minimum Gasteiger partial charge on any atom is -0.371 e. The van der Waals surface area contributed by atoms with E-state index in [-0.39, 0.29) is 6.10 Å². The Labute approximate surface area is 107 Å². The van der Waals surface area contributed by atoms with E-state index in [1.165, 1.54) is 0 Å². The number of nitrogens with one attached hydrogen (secondary N) is 1. The van der Waals surface area contributed by atoms with Gasteiger partial charge in [0.2, 0.25) is 0 Å². The first kappa shape index (κ1) is 12.4. The highest BCUT2D eigenvalue weighted by Gasteiger charge is 2.19. The number of amidine groups is 1. The minimum atomic E-state index is -0.0995. The molecule has 0 fully saturated rings. The molecule has 4 heteroatoms. The standard InChI is InChI=1S/C13H17ClN2O/c1-2-17-12(13-15-8-3-9-16-13)10-4-6-11(14)7-5-10/h4-7,12H,2-3,8-9H2,1H3,(H,15,16)/t12-/m1/s1. The van der Waals surface area contributed by atoms with Crippen LogP contribution in [0.25, 0.3) is 0 Å². The first-order valence-corrected chi connectivity index (χ1v) is 6.34. The van der Waals surface area contributed by atoms with Gasteiger partial charge in [0, 0.05) is 24.7 Å². The maximum atomic E-state index is 5.89. The first-order valence-electron chi connectivity index (χ1n) is 5.96. The third kappa shape index (κ3) is 3.20. The van der Waals surface area contributed by atoms with Crippen LogP contribution in [0.15, 0.2) is 29.3 Å². The number of halogens is 1. The fourth-order valence-corrected chi connectivity index (χ4v) is 1.99. The van der Waals surface area contributed by atoms with Gasteiger partial charge in [-0.1, -0.05) is 23.7 Å². The Kier molecular flexibility index (Phi) is 4.40. The lowest BCUT2D eigenvalue weighted by Crippen LogP contribution is -2.35. The van der Waals surface area contributed by atoms with Gasteiger partial charge in [-0.15, -0.1) is 0 Å². The van der Waals surface area contributed by atoms with Gasteiger partial charge in [0.15, 0.2) is 0 Å². The molecule has 0 bridgehead atoms. The lowest BCUT2D eigenvalue weighted by Gasteiger charge is -2.23. The van der Waals surface area contributed by atoms with Crippen LogP contribution < -0.4 is 5.32 Å². The average Bonchev–Trinajstić information content (AvgIpc) is 2.38. The van der Waals surface area contributed by atoms with Crippen molar-refractivity contribution in [1.82, 2.24) is 5.32 Å². The molecule has 1 heterocycles. The van der Waals surface area contributed by atoms with E-state index in [0.29, 0.717) is 6.61 Å². The Hall–Kier alpha value is -1.06. The van der Waals surface area contributed by atoms with E-state index in [2.05, 4.69) is 10.3 Å². The Morgan fingerprint density at radius 3 is 2.76 bits per heavy atom. The molecule has 1 aliphatic heterocycles. The van der Waals surface area contributed by atoms with E-state index in [0.717, 1.165) is 35.9 Å². The van der Waals surface area contributed by atoms with Crippen molar-refractivity contribution in [1.29, 1.82) is 0 Å². The van der Waals surface area contributed by atoms with Crippen LogP contribution in [0.3, 0.4) is 0 Å². The van der Waals surface area contributed by atoms with Gasteiger partial charge in [0.25, 0.3) is 0 Å². The summed E-state index contributed by atoms with van der Waals surface area (Å²) in [6, 6.07) is 7.74. The maximum absolute atomic E-state index is 5.89. The molecule has 0 aliphatic carbocycles. The van der Waals surface area contributed by atoms with Crippen molar-refractivity contribution >= 4 is 17.4 Å². The molecule has 0 spiro atoms. The van der Waals surface area contributed by atoms with Crippen molar-refractivity contribution in [2.75, 3.05) is 19.7 Å². The second kappa shape index (κ2) is 6.03. The van der Waals surface area contributed by atoms with Crippen molar-refractivity contribution in [3.05, 3.63) is 34.9 Å². The second-order valence-corrected chi connectivity index (χ2v) is 4.37. The van der Waals surface area contributed by atoms with E-state index >= 15 is 0 Å². The number of hydrogen-bond acceptors (Lipinski definition) is 3. The summed E-state index contributed by atoms with van der Waals surface area (Å²) in [5.41, 5.74) is 1.09. The molecule has 1 N–H and O–H groups in total. The monoisotopic (exact) mass is 252 g/mol. The van der Waals surface area contributed by atoms with Crippen molar-refractivity contribution < 1.29 is 4.74 Å². The number of nitrogens with zero attached hydrogens (tertiary/aromatic N) is 1. The van der Waals surface area contributed by atoms with Gasteiger partial charge in [-0.05, 0) is 31.0 Å². The van der Waals surface area contributed by atoms with Crippen molar-refractivity contribution in [3.8, 4) is 0 Å². The molecule has 3 nitrogen and oxygen atoms in total. The number of ether oxygens (including phenoxy) is 1. The van der Waals surface area contributed by atoms with Gasteiger partial charge in [-0.2, -0.15) is 0 Å². The largest absolute Gasteiger partial charge is 0.371 e. The van der Waals surface area contributed by atoms with Gasteiger partial charge < -0.3 is 10.1 Å². The van der Waals surface area contributed by atoms with Gasteiger partial charge >= 0.3 is 0 Å². The molecule has 17 heavy (non-hydrogen) atoms. The summed E-state index contributed by atoms with van der Waals surface area (Å²) in [7, 11) is 0. The van der Waals surface area contributed by atoms with E-state index in [4.69, 9.17) is 16.3 Å². The van der Waals surface area contributed by atoms with Crippen LogP contribution in [-0.2, 0) is 4.74 Å². The maximum Gasteiger partial charge on any atom is 0.139 e. The average molecular weight is 253 g/mol. The summed E-state index contributed by atoms with van der Waals surface area (Å²) >= 11 is 5.89. The highest BCUT2D eigenvalue weighted by molar-refractivity contribution is 6.30. The predicted molar refractivity (Wildman–Crippen MR) is 70.7 cm³/mol. The Balaban J connectivity index is 2.21. The highest BCUT2D eigenvalue weighted by Crippen LogP contribution is 2.21. The van der Waals surface area contributed by atoms with Gasteiger partial charge in [0.1, 0.15) is 11.9 Å². The molecule has 0 saturated carbocycles. The van der Waals surface area contributed by atoms with Crippen LogP contribution in [0.1, 0.15) is 25.0 Å². The summed E-state index contributed by atoms with van der Waals surface area (Å²) in [5.74, 6) is 0.931.